The van der Waals surface area contributed by atoms with Crippen molar-refractivity contribution in [2.24, 2.45) is 11.7 Å². The Bertz CT molecular complexity index is 405. The summed E-state index contributed by atoms with van der Waals surface area (Å²) in [6.07, 6.45) is 3.79. The van der Waals surface area contributed by atoms with Crippen LogP contribution in [0.2, 0.25) is 0 Å². The van der Waals surface area contributed by atoms with Crippen LogP contribution in [0.3, 0.4) is 0 Å². The lowest BCUT2D eigenvalue weighted by atomic mass is 9.95. The molecule has 0 spiro atoms. The summed E-state index contributed by atoms with van der Waals surface area (Å²) in [5.74, 6) is 0.694. The fraction of sp³-hybridized carbons (Fsp3) is 0.538. The molecule has 1 fully saturated rings. The lowest BCUT2D eigenvalue weighted by Crippen LogP contribution is -2.34. The number of rotatable bonds is 1. The van der Waals surface area contributed by atoms with Gasteiger partial charge in [0.25, 0.3) is 0 Å². The molecule has 0 radical (unpaired) electrons. The van der Waals surface area contributed by atoms with Crippen LogP contribution in [-0.4, -0.2) is 19.1 Å². The van der Waals surface area contributed by atoms with Crippen molar-refractivity contribution in [3.05, 3.63) is 28.2 Å². The van der Waals surface area contributed by atoms with Gasteiger partial charge in [0.05, 0.1) is 0 Å². The molecule has 2 N–H and O–H groups in total. The van der Waals surface area contributed by atoms with E-state index in [9.17, 15) is 0 Å². The maximum atomic E-state index is 5.80. The molecule has 2 aliphatic heterocycles. The van der Waals surface area contributed by atoms with Gasteiger partial charge in [0, 0.05) is 22.7 Å². The van der Waals surface area contributed by atoms with Gasteiger partial charge in [0.1, 0.15) is 0 Å². The van der Waals surface area contributed by atoms with Gasteiger partial charge >= 0.3 is 0 Å². The summed E-state index contributed by atoms with van der Waals surface area (Å²) in [6.45, 7) is 1.98. The van der Waals surface area contributed by atoms with Crippen LogP contribution in [0.4, 0.5) is 5.69 Å². The third-order valence-corrected chi connectivity index (χ3v) is 4.43. The van der Waals surface area contributed by atoms with E-state index in [1.165, 1.54) is 35.0 Å². The molecular weight excluding hydrogens is 264 g/mol. The van der Waals surface area contributed by atoms with E-state index in [0.717, 1.165) is 19.1 Å². The fourth-order valence-corrected chi connectivity index (χ4v) is 3.52. The molecule has 86 valence electrons. The lowest BCUT2D eigenvalue weighted by molar-refractivity contribution is 0.537. The number of anilines is 1. The molecule has 16 heavy (non-hydrogen) atoms. The van der Waals surface area contributed by atoms with E-state index in [0.29, 0.717) is 5.92 Å². The summed E-state index contributed by atoms with van der Waals surface area (Å²) in [4.78, 5) is 2.57. The summed E-state index contributed by atoms with van der Waals surface area (Å²) in [7, 11) is 0. The number of halogens is 1. The molecule has 0 aromatic heterocycles. The van der Waals surface area contributed by atoms with Gasteiger partial charge in [-0.2, -0.15) is 0 Å². The van der Waals surface area contributed by atoms with Crippen molar-refractivity contribution in [3.8, 4) is 0 Å². The number of nitrogens with two attached hydrogens (primary N) is 1. The Kier molecular flexibility index (Phi) is 2.68. The SMILES string of the molecule is NCC1CC2CCc3cc(Br)ccc3N2C1. The molecular formula is C13H17BrN2. The molecule has 3 rings (SSSR count). The maximum Gasteiger partial charge on any atom is 0.0402 e. The average Bonchev–Trinajstić information content (AvgIpc) is 2.71. The van der Waals surface area contributed by atoms with E-state index >= 15 is 0 Å². The normalized spacial score (nSPS) is 27.8. The highest BCUT2D eigenvalue weighted by atomic mass is 79.9. The third-order valence-electron chi connectivity index (χ3n) is 3.93. The quantitative estimate of drug-likeness (QED) is 0.857. The molecule has 2 atom stereocenters. The second kappa shape index (κ2) is 4.04. The molecule has 0 saturated carbocycles. The Hall–Kier alpha value is -0.540. The van der Waals surface area contributed by atoms with Crippen molar-refractivity contribution >= 4 is 21.6 Å². The monoisotopic (exact) mass is 280 g/mol. The lowest BCUT2D eigenvalue weighted by Gasteiger charge is -2.33. The van der Waals surface area contributed by atoms with E-state index in [1.54, 1.807) is 0 Å². The predicted octanol–water partition coefficient (Wildman–Crippen LogP) is 2.55. The topological polar surface area (TPSA) is 29.3 Å². The standard InChI is InChI=1S/C13H17BrN2/c14-11-2-4-13-10(6-11)1-3-12-5-9(7-15)8-16(12)13/h2,4,6,9,12H,1,3,5,7-8,15H2. The molecule has 1 aromatic carbocycles. The Morgan fingerprint density at radius 1 is 1.44 bits per heavy atom. The first-order valence-corrected chi connectivity index (χ1v) is 6.82. The molecule has 0 amide bonds. The molecule has 0 bridgehead atoms. The minimum absolute atomic E-state index is 0.694. The molecule has 2 unspecified atom stereocenters. The van der Waals surface area contributed by atoms with Gasteiger partial charge in [-0.15, -0.1) is 0 Å². The smallest absolute Gasteiger partial charge is 0.0402 e. The summed E-state index contributed by atoms with van der Waals surface area (Å²) >= 11 is 3.55. The molecule has 3 heteroatoms. The summed E-state index contributed by atoms with van der Waals surface area (Å²) in [5.41, 5.74) is 8.73. The summed E-state index contributed by atoms with van der Waals surface area (Å²) < 4.78 is 1.19. The van der Waals surface area contributed by atoms with Crippen molar-refractivity contribution in [1.29, 1.82) is 0 Å². The second-order valence-corrected chi connectivity index (χ2v) is 5.87. The molecule has 1 saturated heterocycles. The minimum Gasteiger partial charge on any atom is -0.368 e. The van der Waals surface area contributed by atoms with Crippen molar-refractivity contribution in [1.82, 2.24) is 0 Å². The minimum atomic E-state index is 0.694. The molecule has 2 heterocycles. The van der Waals surface area contributed by atoms with Crippen molar-refractivity contribution in [3.63, 3.8) is 0 Å². The van der Waals surface area contributed by atoms with Gasteiger partial charge in [0.2, 0.25) is 0 Å². The number of hydrogen-bond acceptors (Lipinski definition) is 2. The van der Waals surface area contributed by atoms with Gasteiger partial charge in [-0.25, -0.2) is 0 Å². The Labute approximate surface area is 105 Å². The zero-order chi connectivity index (χ0) is 11.1. The van der Waals surface area contributed by atoms with Gasteiger partial charge < -0.3 is 10.6 Å². The van der Waals surface area contributed by atoms with Crippen molar-refractivity contribution < 1.29 is 0 Å². The van der Waals surface area contributed by atoms with E-state index in [4.69, 9.17) is 5.73 Å². The Balaban J connectivity index is 1.94. The molecule has 2 nitrogen and oxygen atoms in total. The van der Waals surface area contributed by atoms with Crippen LogP contribution in [0.15, 0.2) is 22.7 Å². The zero-order valence-corrected chi connectivity index (χ0v) is 10.9. The highest BCUT2D eigenvalue weighted by Gasteiger charge is 2.34. The van der Waals surface area contributed by atoms with Crippen molar-refractivity contribution in [2.45, 2.75) is 25.3 Å². The second-order valence-electron chi connectivity index (χ2n) is 4.96. The highest BCUT2D eigenvalue weighted by molar-refractivity contribution is 9.10. The van der Waals surface area contributed by atoms with Crippen LogP contribution < -0.4 is 10.6 Å². The van der Waals surface area contributed by atoms with Gasteiger partial charge in [-0.3, -0.25) is 0 Å². The molecule has 0 aliphatic carbocycles. The van der Waals surface area contributed by atoms with E-state index in [1.807, 2.05) is 0 Å². The van der Waals surface area contributed by atoms with Crippen molar-refractivity contribution in [2.75, 3.05) is 18.0 Å². The first-order chi connectivity index (χ1) is 7.78. The molecule has 1 aromatic rings. The van der Waals surface area contributed by atoms with Crippen LogP contribution >= 0.6 is 15.9 Å². The average molecular weight is 281 g/mol. The van der Waals surface area contributed by atoms with Gasteiger partial charge in [0.15, 0.2) is 0 Å². The summed E-state index contributed by atoms with van der Waals surface area (Å²) in [5, 5.41) is 0. The predicted molar refractivity (Wildman–Crippen MR) is 70.8 cm³/mol. The Morgan fingerprint density at radius 2 is 2.31 bits per heavy atom. The Morgan fingerprint density at radius 3 is 3.12 bits per heavy atom. The van der Waals surface area contributed by atoms with E-state index in [2.05, 4.69) is 39.0 Å². The fourth-order valence-electron chi connectivity index (χ4n) is 3.11. The van der Waals surface area contributed by atoms with E-state index < -0.39 is 0 Å². The highest BCUT2D eigenvalue weighted by Crippen LogP contribution is 2.38. The van der Waals surface area contributed by atoms with Crippen LogP contribution in [0.1, 0.15) is 18.4 Å². The first kappa shape index (κ1) is 10.6. The van der Waals surface area contributed by atoms with Crippen LogP contribution in [0.5, 0.6) is 0 Å². The van der Waals surface area contributed by atoms with Gasteiger partial charge in [-0.1, -0.05) is 15.9 Å². The zero-order valence-electron chi connectivity index (χ0n) is 9.32. The number of fused-ring (bicyclic) bond motifs is 3. The summed E-state index contributed by atoms with van der Waals surface area (Å²) in [6, 6.07) is 7.41. The van der Waals surface area contributed by atoms with Gasteiger partial charge in [-0.05, 0) is 55.5 Å². The largest absolute Gasteiger partial charge is 0.368 e. The first-order valence-electron chi connectivity index (χ1n) is 6.03. The third kappa shape index (κ3) is 1.66. The number of aryl methyl sites for hydroxylation is 1. The number of nitrogens with zero attached hydrogens (tertiary/aromatic N) is 1. The number of benzene rings is 1. The van der Waals surface area contributed by atoms with Crippen LogP contribution in [0, 0.1) is 5.92 Å². The van der Waals surface area contributed by atoms with Crippen LogP contribution in [-0.2, 0) is 6.42 Å². The maximum absolute atomic E-state index is 5.80. The number of hydrogen-bond donors (Lipinski definition) is 1. The van der Waals surface area contributed by atoms with E-state index in [-0.39, 0.29) is 0 Å². The molecule has 2 aliphatic rings. The van der Waals surface area contributed by atoms with Crippen LogP contribution in [0.25, 0.3) is 0 Å².